The first-order valence-corrected chi connectivity index (χ1v) is 11.5. The van der Waals surface area contributed by atoms with E-state index in [9.17, 15) is 4.79 Å². The molecule has 8 heteroatoms. The normalized spacial score (nSPS) is 27.3. The number of rotatable bonds is 6. The molecular formula is C24H31N5O3. The van der Waals surface area contributed by atoms with Crippen LogP contribution in [-0.2, 0) is 9.47 Å². The molecular weight excluding hydrogens is 406 g/mol. The molecule has 0 radical (unpaired) electrons. The Hall–Kier alpha value is -2.71. The molecule has 1 aromatic carbocycles. The summed E-state index contributed by atoms with van der Waals surface area (Å²) in [5.41, 5.74) is 2.80. The predicted octanol–water partition coefficient (Wildman–Crippen LogP) is 2.58. The zero-order valence-corrected chi connectivity index (χ0v) is 18.7. The van der Waals surface area contributed by atoms with Crippen molar-refractivity contribution < 1.29 is 14.3 Å². The fraction of sp³-hybridized carbons (Fsp3) is 0.542. The van der Waals surface area contributed by atoms with E-state index in [0.717, 1.165) is 11.4 Å². The smallest absolute Gasteiger partial charge is 0.251 e. The fourth-order valence-electron chi connectivity index (χ4n) is 4.97. The summed E-state index contributed by atoms with van der Waals surface area (Å²) in [6.45, 7) is 0.925. The highest BCUT2D eigenvalue weighted by molar-refractivity contribution is 5.94. The molecule has 3 aliphatic rings. The molecule has 0 spiro atoms. The number of amides is 1. The maximum atomic E-state index is 12.7. The van der Waals surface area contributed by atoms with Crippen molar-refractivity contribution in [2.75, 3.05) is 37.5 Å². The molecule has 5 rings (SSSR count). The van der Waals surface area contributed by atoms with Crippen LogP contribution >= 0.6 is 0 Å². The molecule has 4 atom stereocenters. The van der Waals surface area contributed by atoms with Crippen LogP contribution in [0.4, 0.5) is 11.6 Å². The SMILES string of the molecule is CN(C)c1ccc(C(=O)N[C@H]2CO[C@H]3[C@@H]2OC[C@@H]3Nc2nccc(C3CCCC3)n2)cc1. The molecule has 2 saturated heterocycles. The van der Waals surface area contributed by atoms with E-state index >= 15 is 0 Å². The van der Waals surface area contributed by atoms with E-state index in [1.54, 1.807) is 0 Å². The standard InChI is InChI=1S/C24H31N5O3/c1-29(2)17-9-7-16(8-10-17)23(30)26-19-13-31-22-20(14-32-21(19)22)28-24-25-12-11-18(27-24)15-5-3-4-6-15/h7-12,15,19-22H,3-6,13-14H2,1-2H3,(H,26,30)(H,25,27,28)/t19-,20-,21+,22+/m0/s1. The Morgan fingerprint density at radius 3 is 2.41 bits per heavy atom. The second-order valence-electron chi connectivity index (χ2n) is 9.15. The molecule has 1 saturated carbocycles. The number of hydrogen-bond acceptors (Lipinski definition) is 7. The lowest BCUT2D eigenvalue weighted by Crippen LogP contribution is -2.44. The van der Waals surface area contributed by atoms with Crippen LogP contribution in [0.3, 0.4) is 0 Å². The van der Waals surface area contributed by atoms with Gasteiger partial charge in [0.15, 0.2) is 0 Å². The number of anilines is 2. The van der Waals surface area contributed by atoms with Gasteiger partial charge in [0.05, 0.1) is 25.3 Å². The number of nitrogens with zero attached hydrogens (tertiary/aromatic N) is 3. The van der Waals surface area contributed by atoms with Crippen LogP contribution in [0.5, 0.6) is 0 Å². The second-order valence-corrected chi connectivity index (χ2v) is 9.15. The largest absolute Gasteiger partial charge is 0.378 e. The molecule has 1 amide bonds. The van der Waals surface area contributed by atoms with Crippen LogP contribution < -0.4 is 15.5 Å². The Morgan fingerprint density at radius 2 is 1.69 bits per heavy atom. The van der Waals surface area contributed by atoms with Gasteiger partial charge in [0.25, 0.3) is 5.91 Å². The molecule has 2 aliphatic heterocycles. The van der Waals surface area contributed by atoms with E-state index in [0.29, 0.717) is 30.6 Å². The summed E-state index contributed by atoms with van der Waals surface area (Å²) >= 11 is 0. The van der Waals surface area contributed by atoms with Crippen LogP contribution in [0, 0.1) is 0 Å². The number of carbonyl (C=O) groups excluding carboxylic acids is 1. The van der Waals surface area contributed by atoms with Gasteiger partial charge in [-0.1, -0.05) is 12.8 Å². The molecule has 2 aromatic rings. The minimum absolute atomic E-state index is 0.0416. The molecule has 0 bridgehead atoms. The lowest BCUT2D eigenvalue weighted by Gasteiger charge is -2.19. The number of hydrogen-bond donors (Lipinski definition) is 2. The maximum absolute atomic E-state index is 12.7. The van der Waals surface area contributed by atoms with Crippen LogP contribution in [0.25, 0.3) is 0 Å². The first kappa shape index (κ1) is 21.2. The number of nitrogens with one attached hydrogen (secondary N) is 2. The van der Waals surface area contributed by atoms with Gasteiger partial charge in [0.1, 0.15) is 12.2 Å². The fourth-order valence-corrected chi connectivity index (χ4v) is 4.97. The average molecular weight is 438 g/mol. The summed E-state index contributed by atoms with van der Waals surface area (Å²) in [6, 6.07) is 9.36. The highest BCUT2D eigenvalue weighted by Crippen LogP contribution is 2.33. The Balaban J connectivity index is 1.19. The average Bonchev–Trinajstić information content (AvgIpc) is 3.55. The van der Waals surface area contributed by atoms with Gasteiger partial charge in [0, 0.05) is 43.2 Å². The van der Waals surface area contributed by atoms with Gasteiger partial charge in [-0.25, -0.2) is 9.97 Å². The van der Waals surface area contributed by atoms with Crippen LogP contribution in [0.2, 0.25) is 0 Å². The van der Waals surface area contributed by atoms with Gasteiger partial charge >= 0.3 is 0 Å². The molecule has 2 N–H and O–H groups in total. The molecule has 0 unspecified atom stereocenters. The Bertz CT molecular complexity index is 945. The molecule has 32 heavy (non-hydrogen) atoms. The van der Waals surface area contributed by atoms with Crippen molar-refractivity contribution in [1.82, 2.24) is 15.3 Å². The summed E-state index contributed by atoms with van der Waals surface area (Å²) in [6.07, 6.45) is 6.46. The molecule has 1 aliphatic carbocycles. The summed E-state index contributed by atoms with van der Waals surface area (Å²) in [5.74, 6) is 1.05. The van der Waals surface area contributed by atoms with E-state index in [4.69, 9.17) is 14.5 Å². The van der Waals surface area contributed by atoms with E-state index in [1.165, 1.54) is 25.7 Å². The zero-order chi connectivity index (χ0) is 22.1. The van der Waals surface area contributed by atoms with Crippen molar-refractivity contribution in [2.45, 2.75) is 55.9 Å². The maximum Gasteiger partial charge on any atom is 0.251 e. The van der Waals surface area contributed by atoms with Crippen molar-refractivity contribution in [3.63, 3.8) is 0 Å². The summed E-state index contributed by atoms with van der Waals surface area (Å²) in [7, 11) is 3.95. The van der Waals surface area contributed by atoms with Crippen molar-refractivity contribution in [2.24, 2.45) is 0 Å². The molecule has 8 nitrogen and oxygen atoms in total. The molecule has 3 heterocycles. The van der Waals surface area contributed by atoms with Crippen molar-refractivity contribution >= 4 is 17.5 Å². The third-order valence-electron chi connectivity index (χ3n) is 6.78. The number of benzene rings is 1. The first-order valence-electron chi connectivity index (χ1n) is 11.5. The summed E-state index contributed by atoms with van der Waals surface area (Å²) in [4.78, 5) is 23.9. The zero-order valence-electron chi connectivity index (χ0n) is 18.7. The van der Waals surface area contributed by atoms with Gasteiger partial charge in [-0.15, -0.1) is 0 Å². The Morgan fingerprint density at radius 1 is 1.00 bits per heavy atom. The number of aromatic nitrogens is 2. The monoisotopic (exact) mass is 437 g/mol. The molecule has 170 valence electrons. The van der Waals surface area contributed by atoms with Gasteiger partial charge in [-0.05, 0) is 43.2 Å². The highest BCUT2D eigenvalue weighted by atomic mass is 16.6. The van der Waals surface area contributed by atoms with Gasteiger partial charge in [-0.3, -0.25) is 4.79 Å². The minimum Gasteiger partial charge on any atom is -0.378 e. The van der Waals surface area contributed by atoms with Crippen molar-refractivity contribution in [3.8, 4) is 0 Å². The third-order valence-corrected chi connectivity index (χ3v) is 6.78. The summed E-state index contributed by atoms with van der Waals surface area (Å²) in [5, 5.41) is 6.49. The van der Waals surface area contributed by atoms with E-state index in [-0.39, 0.29) is 30.2 Å². The van der Waals surface area contributed by atoms with Gasteiger partial charge in [0.2, 0.25) is 5.95 Å². The van der Waals surface area contributed by atoms with Crippen LogP contribution in [0.15, 0.2) is 36.5 Å². The minimum atomic E-state index is -0.185. The number of fused-ring (bicyclic) bond motifs is 1. The lowest BCUT2D eigenvalue weighted by molar-refractivity contribution is 0.0652. The van der Waals surface area contributed by atoms with Crippen molar-refractivity contribution in [1.29, 1.82) is 0 Å². The quantitative estimate of drug-likeness (QED) is 0.718. The van der Waals surface area contributed by atoms with Crippen LogP contribution in [0.1, 0.15) is 47.7 Å². The third kappa shape index (κ3) is 4.29. The predicted molar refractivity (Wildman–Crippen MR) is 122 cm³/mol. The van der Waals surface area contributed by atoms with E-state index in [2.05, 4.69) is 15.6 Å². The number of ether oxygens (including phenoxy) is 2. The van der Waals surface area contributed by atoms with Gasteiger partial charge < -0.3 is 25.0 Å². The van der Waals surface area contributed by atoms with Gasteiger partial charge in [-0.2, -0.15) is 0 Å². The number of carbonyl (C=O) groups is 1. The Kier molecular flexibility index (Phi) is 5.97. The Labute approximate surface area is 188 Å². The summed E-state index contributed by atoms with van der Waals surface area (Å²) < 4.78 is 12.1. The topological polar surface area (TPSA) is 88.6 Å². The van der Waals surface area contributed by atoms with Crippen LogP contribution in [-0.4, -0.2) is 67.5 Å². The van der Waals surface area contributed by atoms with Crippen molar-refractivity contribution in [3.05, 3.63) is 47.8 Å². The first-order chi connectivity index (χ1) is 15.6. The highest BCUT2D eigenvalue weighted by Gasteiger charge is 2.48. The second kappa shape index (κ2) is 9.03. The van der Waals surface area contributed by atoms with E-state index in [1.807, 2.05) is 55.5 Å². The lowest BCUT2D eigenvalue weighted by atomic mass is 10.0. The molecule has 3 fully saturated rings. The molecule has 1 aromatic heterocycles. The van der Waals surface area contributed by atoms with E-state index < -0.39 is 0 Å².